The number of rotatable bonds is 4. The Bertz CT molecular complexity index is 461. The molecule has 0 N–H and O–H groups in total. The van der Waals surface area contributed by atoms with E-state index in [1.165, 1.54) is 0 Å². The van der Waals surface area contributed by atoms with Gasteiger partial charge in [-0.05, 0) is 17.5 Å². The standard InChI is InChI=1S/C16H21NO2/c1-5-11-17-14(16(2,3)4)13(15(17)18)19-12-9-7-6-8-10-12/h5-10,13-14H,1,11H2,2-4H3/t13-,14-/m0/s1. The third-order valence-corrected chi connectivity index (χ3v) is 3.37. The quantitative estimate of drug-likeness (QED) is 0.614. The number of hydrogen-bond acceptors (Lipinski definition) is 2. The van der Waals surface area contributed by atoms with Crippen LogP contribution in [-0.4, -0.2) is 29.5 Å². The molecule has 1 heterocycles. The van der Waals surface area contributed by atoms with Crippen molar-refractivity contribution in [2.24, 2.45) is 5.41 Å². The highest BCUT2D eigenvalue weighted by atomic mass is 16.5. The average Bonchev–Trinajstić information content (AvgIpc) is 2.36. The zero-order valence-corrected chi connectivity index (χ0v) is 11.8. The van der Waals surface area contributed by atoms with E-state index in [-0.39, 0.29) is 23.5 Å². The van der Waals surface area contributed by atoms with Crippen LogP contribution in [-0.2, 0) is 4.79 Å². The van der Waals surface area contributed by atoms with Crippen LogP contribution in [0.3, 0.4) is 0 Å². The number of nitrogens with zero attached hydrogens (tertiary/aromatic N) is 1. The van der Waals surface area contributed by atoms with Gasteiger partial charge >= 0.3 is 0 Å². The van der Waals surface area contributed by atoms with Gasteiger partial charge in [0.2, 0.25) is 0 Å². The van der Waals surface area contributed by atoms with E-state index in [9.17, 15) is 4.79 Å². The predicted octanol–water partition coefficient (Wildman–Crippen LogP) is 2.88. The van der Waals surface area contributed by atoms with Crippen LogP contribution < -0.4 is 4.74 Å². The van der Waals surface area contributed by atoms with Crippen molar-refractivity contribution in [1.82, 2.24) is 4.90 Å². The molecule has 1 fully saturated rings. The van der Waals surface area contributed by atoms with E-state index in [4.69, 9.17) is 4.74 Å². The highest BCUT2D eigenvalue weighted by Gasteiger charge is 2.53. The summed E-state index contributed by atoms with van der Waals surface area (Å²) >= 11 is 0. The fourth-order valence-electron chi connectivity index (χ4n) is 2.54. The normalized spacial score (nSPS) is 22.9. The summed E-state index contributed by atoms with van der Waals surface area (Å²) in [6, 6.07) is 9.59. The van der Waals surface area contributed by atoms with Gasteiger partial charge in [0.25, 0.3) is 5.91 Å². The Kier molecular flexibility index (Phi) is 3.65. The topological polar surface area (TPSA) is 29.5 Å². The zero-order valence-electron chi connectivity index (χ0n) is 11.8. The van der Waals surface area contributed by atoms with Crippen LogP contribution in [0.25, 0.3) is 0 Å². The monoisotopic (exact) mass is 259 g/mol. The van der Waals surface area contributed by atoms with Crippen LogP contribution in [0.1, 0.15) is 20.8 Å². The van der Waals surface area contributed by atoms with Crippen molar-refractivity contribution in [2.45, 2.75) is 32.9 Å². The molecule has 0 bridgehead atoms. The summed E-state index contributed by atoms with van der Waals surface area (Å²) < 4.78 is 5.85. The van der Waals surface area contributed by atoms with Crippen molar-refractivity contribution < 1.29 is 9.53 Å². The molecule has 2 atom stereocenters. The lowest BCUT2D eigenvalue weighted by atomic mass is 9.76. The summed E-state index contributed by atoms with van der Waals surface area (Å²) in [6.45, 7) is 10.7. The van der Waals surface area contributed by atoms with Gasteiger partial charge in [-0.1, -0.05) is 45.0 Å². The maximum absolute atomic E-state index is 12.2. The molecule has 2 rings (SSSR count). The van der Waals surface area contributed by atoms with Crippen molar-refractivity contribution in [3.8, 4) is 5.75 Å². The minimum Gasteiger partial charge on any atom is -0.478 e. The molecule has 3 heteroatoms. The number of para-hydroxylation sites is 1. The summed E-state index contributed by atoms with van der Waals surface area (Å²) in [5.74, 6) is 0.789. The molecular formula is C16H21NO2. The van der Waals surface area contributed by atoms with Crippen LogP contribution in [0.4, 0.5) is 0 Å². The lowest BCUT2D eigenvalue weighted by molar-refractivity contribution is -0.170. The van der Waals surface area contributed by atoms with Gasteiger partial charge in [-0.3, -0.25) is 4.79 Å². The first kappa shape index (κ1) is 13.7. The number of carbonyl (C=O) groups is 1. The Morgan fingerprint density at radius 3 is 2.47 bits per heavy atom. The number of ether oxygens (including phenoxy) is 1. The molecule has 1 saturated heterocycles. The molecule has 1 aliphatic rings. The Labute approximate surface area is 114 Å². The Balaban J connectivity index is 2.16. The number of benzene rings is 1. The molecule has 0 aromatic heterocycles. The first-order valence-corrected chi connectivity index (χ1v) is 6.58. The van der Waals surface area contributed by atoms with Crippen LogP contribution in [0.15, 0.2) is 43.0 Å². The van der Waals surface area contributed by atoms with Gasteiger partial charge in [-0.15, -0.1) is 6.58 Å². The molecule has 1 aromatic carbocycles. The van der Waals surface area contributed by atoms with Gasteiger partial charge in [-0.2, -0.15) is 0 Å². The lowest BCUT2D eigenvalue weighted by Gasteiger charge is -2.52. The van der Waals surface area contributed by atoms with Gasteiger partial charge in [0, 0.05) is 6.54 Å². The maximum Gasteiger partial charge on any atom is 0.266 e. The fraction of sp³-hybridized carbons (Fsp3) is 0.438. The van der Waals surface area contributed by atoms with Crippen LogP contribution in [0.2, 0.25) is 0 Å². The van der Waals surface area contributed by atoms with Crippen molar-refractivity contribution in [3.05, 3.63) is 43.0 Å². The summed E-state index contributed by atoms with van der Waals surface area (Å²) in [5.41, 5.74) is -0.0175. The predicted molar refractivity (Wildman–Crippen MR) is 76.0 cm³/mol. The van der Waals surface area contributed by atoms with Crippen molar-refractivity contribution in [1.29, 1.82) is 0 Å². The average molecular weight is 259 g/mol. The van der Waals surface area contributed by atoms with Gasteiger partial charge in [0.15, 0.2) is 6.10 Å². The Morgan fingerprint density at radius 1 is 1.32 bits per heavy atom. The molecule has 0 unspecified atom stereocenters. The minimum atomic E-state index is -0.387. The molecule has 3 nitrogen and oxygen atoms in total. The smallest absolute Gasteiger partial charge is 0.266 e. The molecule has 1 amide bonds. The molecule has 1 aliphatic heterocycles. The van der Waals surface area contributed by atoms with Crippen molar-refractivity contribution in [2.75, 3.05) is 6.54 Å². The second-order valence-corrected chi connectivity index (χ2v) is 5.94. The van der Waals surface area contributed by atoms with Gasteiger partial charge in [0.05, 0.1) is 6.04 Å². The number of carbonyl (C=O) groups excluding carboxylic acids is 1. The number of likely N-dealkylation sites (tertiary alicyclic amines) is 1. The van der Waals surface area contributed by atoms with E-state index in [1.54, 1.807) is 6.08 Å². The zero-order chi connectivity index (χ0) is 14.0. The van der Waals surface area contributed by atoms with Crippen molar-refractivity contribution >= 4 is 5.91 Å². The highest BCUT2D eigenvalue weighted by Crippen LogP contribution is 2.37. The van der Waals surface area contributed by atoms with E-state index in [2.05, 4.69) is 27.4 Å². The van der Waals surface area contributed by atoms with Crippen LogP contribution >= 0.6 is 0 Å². The second-order valence-electron chi connectivity index (χ2n) is 5.94. The van der Waals surface area contributed by atoms with E-state index < -0.39 is 0 Å². The van der Waals surface area contributed by atoms with E-state index in [0.29, 0.717) is 6.54 Å². The first-order valence-electron chi connectivity index (χ1n) is 6.58. The van der Waals surface area contributed by atoms with Gasteiger partial charge in [0.1, 0.15) is 5.75 Å². The lowest BCUT2D eigenvalue weighted by Crippen LogP contribution is -2.71. The molecule has 0 saturated carbocycles. The molecule has 1 aromatic rings. The highest BCUT2D eigenvalue weighted by molar-refractivity contribution is 5.89. The third-order valence-electron chi connectivity index (χ3n) is 3.37. The van der Waals surface area contributed by atoms with E-state index in [0.717, 1.165) is 5.75 Å². The number of hydrogen-bond donors (Lipinski definition) is 0. The molecule has 19 heavy (non-hydrogen) atoms. The largest absolute Gasteiger partial charge is 0.478 e. The number of β-lactam (4-membered cyclic amide) rings is 1. The van der Waals surface area contributed by atoms with E-state index in [1.807, 2.05) is 35.2 Å². The van der Waals surface area contributed by atoms with Crippen molar-refractivity contribution in [3.63, 3.8) is 0 Å². The van der Waals surface area contributed by atoms with Crippen LogP contribution in [0, 0.1) is 5.41 Å². The molecule has 0 aliphatic carbocycles. The maximum atomic E-state index is 12.2. The van der Waals surface area contributed by atoms with Gasteiger partial charge in [-0.25, -0.2) is 0 Å². The molecule has 102 valence electrons. The summed E-state index contributed by atoms with van der Waals surface area (Å²) in [7, 11) is 0. The summed E-state index contributed by atoms with van der Waals surface area (Å²) in [4.78, 5) is 14.0. The Hall–Kier alpha value is -1.77. The fourth-order valence-corrected chi connectivity index (χ4v) is 2.54. The van der Waals surface area contributed by atoms with Gasteiger partial charge < -0.3 is 9.64 Å². The molecule has 0 spiro atoms. The van der Waals surface area contributed by atoms with E-state index >= 15 is 0 Å². The molecular weight excluding hydrogens is 238 g/mol. The summed E-state index contributed by atoms with van der Waals surface area (Å²) in [5, 5.41) is 0. The SMILES string of the molecule is C=CCN1C(=O)[C@@H](Oc2ccccc2)[C@H]1C(C)(C)C. The van der Waals surface area contributed by atoms with Crippen LogP contribution in [0.5, 0.6) is 5.75 Å². The Morgan fingerprint density at radius 2 is 1.95 bits per heavy atom. The minimum absolute atomic E-state index is 0.0175. The first-order chi connectivity index (χ1) is 8.95. The molecule has 0 radical (unpaired) electrons. The third kappa shape index (κ3) is 2.65. The number of amides is 1. The summed E-state index contributed by atoms with van der Waals surface area (Å²) in [6.07, 6.45) is 1.37. The second kappa shape index (κ2) is 5.08.